The number of ether oxygens (including phenoxy) is 1. The molecule has 0 radical (unpaired) electrons. The van der Waals surface area contributed by atoms with Crippen LogP contribution in [0.4, 0.5) is 4.39 Å². The molecule has 3 rings (SSSR count). The topological polar surface area (TPSA) is 71.4 Å². The van der Waals surface area contributed by atoms with E-state index in [1.54, 1.807) is 37.6 Å². The van der Waals surface area contributed by atoms with Gasteiger partial charge in [-0.25, -0.2) is 4.39 Å². The molecule has 0 bridgehead atoms. The second kappa shape index (κ2) is 10.0. The number of hydrogen-bond acceptors (Lipinski definition) is 4. The maximum absolute atomic E-state index is 14.3. The number of aromatic nitrogens is 2. The molecule has 0 aliphatic rings. The molecule has 0 fully saturated rings. The fraction of sp³-hybridized carbons (Fsp3) is 0.190. The molecule has 144 valence electrons. The Balaban J connectivity index is 1.49. The standard InChI is InChI=1S/C21H22FN5O/c1-23-21(26-12-9-17-5-2-3-11-25-17)27-14-16-7-8-20(19(22)13-16)28-18-6-4-10-24-15-18/h2-8,10-11,13,15H,9,12,14H2,1H3,(H2,23,26,27). The van der Waals surface area contributed by atoms with Crippen LogP contribution in [0.2, 0.25) is 0 Å². The summed E-state index contributed by atoms with van der Waals surface area (Å²) in [5.74, 6) is 0.868. The Morgan fingerprint density at radius 3 is 2.75 bits per heavy atom. The first kappa shape index (κ1) is 19.3. The molecule has 2 N–H and O–H groups in total. The van der Waals surface area contributed by atoms with Gasteiger partial charge >= 0.3 is 0 Å². The van der Waals surface area contributed by atoms with Gasteiger partial charge in [0, 0.05) is 44.6 Å². The maximum atomic E-state index is 14.3. The fourth-order valence-corrected chi connectivity index (χ4v) is 2.53. The molecule has 0 unspecified atom stereocenters. The Bertz CT molecular complexity index is 903. The van der Waals surface area contributed by atoms with Crippen LogP contribution in [0.3, 0.4) is 0 Å². The third-order valence-corrected chi connectivity index (χ3v) is 3.94. The van der Waals surface area contributed by atoms with Crippen LogP contribution in [0.25, 0.3) is 0 Å². The predicted molar refractivity (Wildman–Crippen MR) is 107 cm³/mol. The van der Waals surface area contributed by atoms with Crippen LogP contribution in [0.1, 0.15) is 11.3 Å². The highest BCUT2D eigenvalue weighted by Crippen LogP contribution is 2.24. The highest BCUT2D eigenvalue weighted by molar-refractivity contribution is 5.79. The Kier molecular flexibility index (Phi) is 6.89. The Hall–Kier alpha value is -3.48. The molecule has 0 saturated carbocycles. The van der Waals surface area contributed by atoms with Crippen molar-refractivity contribution in [3.63, 3.8) is 0 Å². The van der Waals surface area contributed by atoms with Gasteiger partial charge in [-0.05, 0) is 42.0 Å². The monoisotopic (exact) mass is 379 g/mol. The molecule has 2 aromatic heterocycles. The molecule has 0 atom stereocenters. The molecule has 28 heavy (non-hydrogen) atoms. The van der Waals surface area contributed by atoms with Gasteiger partial charge < -0.3 is 15.4 Å². The average Bonchev–Trinajstić information content (AvgIpc) is 2.74. The van der Waals surface area contributed by atoms with Crippen molar-refractivity contribution in [1.82, 2.24) is 20.6 Å². The molecule has 7 heteroatoms. The normalized spacial score (nSPS) is 11.1. The predicted octanol–water partition coefficient (Wildman–Crippen LogP) is 3.32. The lowest BCUT2D eigenvalue weighted by atomic mass is 10.2. The SMILES string of the molecule is CN=C(NCCc1ccccn1)NCc1ccc(Oc2cccnc2)c(F)c1. The summed E-state index contributed by atoms with van der Waals surface area (Å²) < 4.78 is 19.8. The number of hydrogen-bond donors (Lipinski definition) is 2. The number of nitrogens with one attached hydrogen (secondary N) is 2. The van der Waals surface area contributed by atoms with Gasteiger partial charge in [-0.1, -0.05) is 12.1 Å². The highest BCUT2D eigenvalue weighted by atomic mass is 19.1. The molecule has 3 aromatic rings. The lowest BCUT2D eigenvalue weighted by molar-refractivity contribution is 0.440. The van der Waals surface area contributed by atoms with E-state index in [0.29, 0.717) is 24.8 Å². The average molecular weight is 379 g/mol. The van der Waals surface area contributed by atoms with Crippen molar-refractivity contribution < 1.29 is 9.13 Å². The van der Waals surface area contributed by atoms with Crippen LogP contribution in [0.15, 0.2) is 72.1 Å². The van der Waals surface area contributed by atoms with Crippen LogP contribution < -0.4 is 15.4 Å². The minimum Gasteiger partial charge on any atom is -0.453 e. The summed E-state index contributed by atoms with van der Waals surface area (Å²) in [6.07, 6.45) is 5.74. The Morgan fingerprint density at radius 1 is 1.11 bits per heavy atom. The lowest BCUT2D eigenvalue weighted by Crippen LogP contribution is -2.37. The van der Waals surface area contributed by atoms with Crippen LogP contribution in [-0.2, 0) is 13.0 Å². The van der Waals surface area contributed by atoms with Gasteiger partial charge in [-0.15, -0.1) is 0 Å². The van der Waals surface area contributed by atoms with E-state index in [4.69, 9.17) is 4.74 Å². The summed E-state index contributed by atoms with van der Waals surface area (Å²) >= 11 is 0. The van der Waals surface area contributed by atoms with Crippen molar-refractivity contribution in [2.45, 2.75) is 13.0 Å². The molecule has 0 spiro atoms. The van der Waals surface area contributed by atoms with Crippen molar-refractivity contribution in [2.24, 2.45) is 4.99 Å². The quantitative estimate of drug-likeness (QED) is 0.487. The number of guanidine groups is 1. The number of nitrogens with zero attached hydrogens (tertiary/aromatic N) is 3. The first-order chi connectivity index (χ1) is 13.7. The van der Waals surface area contributed by atoms with Gasteiger partial charge in [0.2, 0.25) is 0 Å². The molecule has 2 heterocycles. The number of benzene rings is 1. The number of pyridine rings is 2. The molecule has 0 aliphatic heterocycles. The summed E-state index contributed by atoms with van der Waals surface area (Å²) in [5, 5.41) is 6.39. The van der Waals surface area contributed by atoms with Gasteiger partial charge in [0.05, 0.1) is 6.20 Å². The van der Waals surface area contributed by atoms with E-state index in [9.17, 15) is 4.39 Å². The first-order valence-electron chi connectivity index (χ1n) is 8.95. The van der Waals surface area contributed by atoms with E-state index >= 15 is 0 Å². The van der Waals surface area contributed by atoms with Gasteiger partial charge in [0.25, 0.3) is 0 Å². The molecule has 1 aromatic carbocycles. The van der Waals surface area contributed by atoms with E-state index in [1.807, 2.05) is 24.3 Å². The maximum Gasteiger partial charge on any atom is 0.191 e. The van der Waals surface area contributed by atoms with Crippen molar-refractivity contribution in [1.29, 1.82) is 0 Å². The molecule has 0 amide bonds. The summed E-state index contributed by atoms with van der Waals surface area (Å²) in [6.45, 7) is 1.14. The zero-order chi connectivity index (χ0) is 19.6. The number of halogens is 1. The fourth-order valence-electron chi connectivity index (χ4n) is 2.53. The van der Waals surface area contributed by atoms with Crippen LogP contribution in [0, 0.1) is 5.82 Å². The van der Waals surface area contributed by atoms with E-state index in [0.717, 1.165) is 17.7 Å². The highest BCUT2D eigenvalue weighted by Gasteiger charge is 2.07. The van der Waals surface area contributed by atoms with Crippen molar-refractivity contribution in [2.75, 3.05) is 13.6 Å². The largest absolute Gasteiger partial charge is 0.453 e. The second-order valence-corrected chi connectivity index (χ2v) is 5.98. The van der Waals surface area contributed by atoms with E-state index in [1.165, 1.54) is 12.3 Å². The van der Waals surface area contributed by atoms with E-state index < -0.39 is 5.82 Å². The van der Waals surface area contributed by atoms with E-state index in [2.05, 4.69) is 25.6 Å². The summed E-state index contributed by atoms with van der Waals surface area (Å²) in [6, 6.07) is 14.2. The van der Waals surface area contributed by atoms with Crippen molar-refractivity contribution in [3.05, 3.63) is 84.2 Å². The first-order valence-corrected chi connectivity index (χ1v) is 8.95. The van der Waals surface area contributed by atoms with E-state index in [-0.39, 0.29) is 5.75 Å². The summed E-state index contributed by atoms with van der Waals surface area (Å²) in [7, 11) is 1.70. The summed E-state index contributed by atoms with van der Waals surface area (Å²) in [5.41, 5.74) is 1.79. The number of rotatable bonds is 7. The van der Waals surface area contributed by atoms with Gasteiger partial charge in [0.1, 0.15) is 5.75 Å². The van der Waals surface area contributed by atoms with Gasteiger partial charge in [0.15, 0.2) is 17.5 Å². The van der Waals surface area contributed by atoms with Gasteiger partial charge in [-0.3, -0.25) is 15.0 Å². The smallest absolute Gasteiger partial charge is 0.191 e. The molecule has 0 aliphatic carbocycles. The van der Waals surface area contributed by atoms with Crippen LogP contribution in [-0.4, -0.2) is 29.5 Å². The molecule has 6 nitrogen and oxygen atoms in total. The molecule has 0 saturated heterocycles. The third-order valence-electron chi connectivity index (χ3n) is 3.94. The Morgan fingerprint density at radius 2 is 2.04 bits per heavy atom. The van der Waals surface area contributed by atoms with Crippen molar-refractivity contribution in [3.8, 4) is 11.5 Å². The minimum absolute atomic E-state index is 0.162. The van der Waals surface area contributed by atoms with Crippen LogP contribution in [0.5, 0.6) is 11.5 Å². The molecular weight excluding hydrogens is 357 g/mol. The summed E-state index contributed by atoms with van der Waals surface area (Å²) in [4.78, 5) is 12.4. The minimum atomic E-state index is -0.429. The number of aliphatic imine (C=N–C) groups is 1. The third kappa shape index (κ3) is 5.77. The second-order valence-electron chi connectivity index (χ2n) is 5.98. The zero-order valence-electron chi connectivity index (χ0n) is 15.6. The molecular formula is C21H22FN5O. The van der Waals surface area contributed by atoms with Crippen LogP contribution >= 0.6 is 0 Å². The van der Waals surface area contributed by atoms with Crippen molar-refractivity contribution >= 4 is 5.96 Å². The Labute approximate surface area is 163 Å². The zero-order valence-corrected chi connectivity index (χ0v) is 15.6. The lowest BCUT2D eigenvalue weighted by Gasteiger charge is -2.12. The van der Waals surface area contributed by atoms with Gasteiger partial charge in [-0.2, -0.15) is 0 Å².